The fourth-order valence-corrected chi connectivity index (χ4v) is 1.86. The maximum atomic E-state index is 3.98. The summed E-state index contributed by atoms with van der Waals surface area (Å²) in [5.41, 5.74) is 0. The van der Waals surface area contributed by atoms with E-state index in [2.05, 4.69) is 10.7 Å². The number of rotatable bonds is 0. The van der Waals surface area contributed by atoms with Crippen molar-refractivity contribution in [3.8, 4) is 0 Å². The van der Waals surface area contributed by atoms with Gasteiger partial charge in [0.2, 0.25) is 0 Å². The Balaban J connectivity index is 4.54. The van der Waals surface area contributed by atoms with Crippen LogP contribution < -0.4 is 0 Å². The van der Waals surface area contributed by atoms with Gasteiger partial charge in [0.25, 0.3) is 0 Å². The van der Waals surface area contributed by atoms with E-state index in [0.717, 1.165) is 0 Å². The molecule has 0 bridgehead atoms. The Morgan fingerprint density at radius 1 is 0.857 bits per heavy atom. The monoisotopic (exact) mass is 274 g/mol. The molecule has 4 heteroatoms. The molecule has 0 amide bonds. The summed E-state index contributed by atoms with van der Waals surface area (Å²) >= 11 is -1.68. The first-order valence-corrected chi connectivity index (χ1v) is 5.49. The Labute approximate surface area is 48.6 Å². The van der Waals surface area contributed by atoms with Crippen molar-refractivity contribution in [2.24, 2.45) is 10.7 Å². The molecule has 0 saturated heterocycles. The van der Waals surface area contributed by atoms with E-state index in [1.807, 2.05) is 0 Å². The predicted molar refractivity (Wildman–Crippen MR) is 25.1 cm³/mol. The third-order valence-corrected chi connectivity index (χ3v) is 3.71. The normalized spacial score (nSPS) is 7.29. The zero-order chi connectivity index (χ0) is 5.70. The topological polar surface area (TPSA) is 37.1 Å². The third kappa shape index (κ3) is 2.72. The molecular formula is C3H9N3Re. The van der Waals surface area contributed by atoms with Crippen molar-refractivity contribution < 1.29 is 16.2 Å². The van der Waals surface area contributed by atoms with Gasteiger partial charge in [0.05, 0.1) is 0 Å². The van der Waals surface area contributed by atoms with Crippen LogP contribution in [-0.4, -0.2) is 21.1 Å². The van der Waals surface area contributed by atoms with Crippen molar-refractivity contribution in [1.82, 2.24) is 0 Å². The first-order valence-electron chi connectivity index (χ1n) is 1.85. The molecule has 0 spiro atoms. The number of hydrogen-bond donors (Lipinski definition) is 0. The van der Waals surface area contributed by atoms with Crippen LogP contribution >= 0.6 is 0 Å². The van der Waals surface area contributed by atoms with E-state index < -0.39 is 16.2 Å². The maximum absolute atomic E-state index is 3.98. The van der Waals surface area contributed by atoms with E-state index in [0.29, 0.717) is 0 Å². The third-order valence-electron chi connectivity index (χ3n) is 0.454. The molecule has 0 unspecified atom stereocenters. The van der Waals surface area contributed by atoms with Crippen molar-refractivity contribution in [1.29, 1.82) is 0 Å². The van der Waals surface area contributed by atoms with Gasteiger partial charge in [-0.05, 0) is 0 Å². The molecule has 0 saturated carbocycles. The molecule has 0 heterocycles. The van der Waals surface area contributed by atoms with Crippen LogP contribution in [0.3, 0.4) is 0 Å². The van der Waals surface area contributed by atoms with Gasteiger partial charge in [0, 0.05) is 0 Å². The van der Waals surface area contributed by atoms with E-state index in [4.69, 9.17) is 0 Å². The van der Waals surface area contributed by atoms with Crippen LogP contribution in [0.15, 0.2) is 10.7 Å². The summed E-state index contributed by atoms with van der Waals surface area (Å²) < 4.78 is 11.9. The molecule has 0 aliphatic carbocycles. The molecule has 0 radical (unpaired) electrons. The molecule has 0 N–H and O–H groups in total. The molecule has 0 aromatic heterocycles. The van der Waals surface area contributed by atoms with Crippen molar-refractivity contribution in [3.63, 3.8) is 0 Å². The summed E-state index contributed by atoms with van der Waals surface area (Å²) in [4.78, 5) is 0. The van der Waals surface area contributed by atoms with Gasteiger partial charge in [-0.3, -0.25) is 0 Å². The molecule has 0 aliphatic rings. The van der Waals surface area contributed by atoms with E-state index in [1.165, 1.54) is 0 Å². The minimum absolute atomic E-state index is 1.68. The van der Waals surface area contributed by atoms with E-state index in [1.54, 1.807) is 21.1 Å². The van der Waals surface area contributed by atoms with Gasteiger partial charge in [-0.1, -0.05) is 0 Å². The Kier molecular flexibility index (Phi) is 4.26. The Bertz CT molecular complexity index is 131. The van der Waals surface area contributed by atoms with Gasteiger partial charge < -0.3 is 0 Å². The van der Waals surface area contributed by atoms with Crippen molar-refractivity contribution in [2.45, 2.75) is 0 Å². The van der Waals surface area contributed by atoms with Gasteiger partial charge >= 0.3 is 48.1 Å². The van der Waals surface area contributed by atoms with Gasteiger partial charge in [-0.2, -0.15) is 0 Å². The Morgan fingerprint density at radius 2 is 1.14 bits per heavy atom. The second kappa shape index (κ2) is 4.23. The average molecular weight is 273 g/mol. The molecule has 0 aliphatic heterocycles. The zero-order valence-corrected chi connectivity index (χ0v) is 7.44. The minimum atomic E-state index is -1.68. The molecular weight excluding hydrogens is 264 g/mol. The van der Waals surface area contributed by atoms with Crippen LogP contribution in [-0.2, 0) is 16.2 Å². The van der Waals surface area contributed by atoms with Crippen LogP contribution in [0, 0.1) is 0 Å². The van der Waals surface area contributed by atoms with E-state index in [9.17, 15) is 0 Å². The molecule has 7 heavy (non-hydrogen) atoms. The summed E-state index contributed by atoms with van der Waals surface area (Å²) in [7, 11) is 5.34. The zero-order valence-electron chi connectivity index (χ0n) is 4.72. The van der Waals surface area contributed by atoms with Crippen LogP contribution in [0.2, 0.25) is 0 Å². The second-order valence-electron chi connectivity index (χ2n) is 0.734. The number of nitrogens with zero attached hydrogens (tertiary/aromatic N) is 3. The predicted octanol–water partition coefficient (Wildman–Crippen LogP) is 1.04. The summed E-state index contributed by atoms with van der Waals surface area (Å²) in [6, 6.07) is 0. The molecule has 0 aromatic carbocycles. The van der Waals surface area contributed by atoms with E-state index >= 15 is 0 Å². The Morgan fingerprint density at radius 3 is 1.14 bits per heavy atom. The summed E-state index contributed by atoms with van der Waals surface area (Å²) in [6.45, 7) is 0. The molecule has 0 rings (SSSR count). The summed E-state index contributed by atoms with van der Waals surface area (Å²) in [5.74, 6) is 0. The molecule has 43 valence electrons. The second-order valence-corrected chi connectivity index (χ2v) is 6.01. The van der Waals surface area contributed by atoms with Crippen LogP contribution in [0.5, 0.6) is 0 Å². The molecule has 0 aromatic rings. The van der Waals surface area contributed by atoms with Crippen molar-refractivity contribution >= 4 is 0 Å². The fourth-order valence-electron chi connectivity index (χ4n) is 0.227. The first-order chi connectivity index (χ1) is 3.35. The molecule has 0 fully saturated rings. The molecule has 3 nitrogen and oxygen atoms in total. The first kappa shape index (κ1) is 7.06. The quantitative estimate of drug-likeness (QED) is 0.632. The molecule has 0 atom stereocenters. The number of hydrogen-bond acceptors (Lipinski definition) is 3. The van der Waals surface area contributed by atoms with Crippen LogP contribution in [0.1, 0.15) is 0 Å². The van der Waals surface area contributed by atoms with Crippen LogP contribution in [0.4, 0.5) is 0 Å². The standard InChI is InChI=1S/3CH3N.Re/c3*1-2;/h3*1H3;. The van der Waals surface area contributed by atoms with Gasteiger partial charge in [0.1, 0.15) is 0 Å². The van der Waals surface area contributed by atoms with E-state index in [-0.39, 0.29) is 0 Å². The fraction of sp³-hybridized carbons (Fsp3) is 1.00. The van der Waals surface area contributed by atoms with Crippen molar-refractivity contribution in [3.05, 3.63) is 0 Å². The van der Waals surface area contributed by atoms with Gasteiger partial charge in [0.15, 0.2) is 0 Å². The van der Waals surface area contributed by atoms with Crippen molar-refractivity contribution in [2.75, 3.05) is 21.1 Å². The van der Waals surface area contributed by atoms with Crippen LogP contribution in [0.25, 0.3) is 0 Å². The summed E-state index contributed by atoms with van der Waals surface area (Å²) in [6.07, 6.45) is 0. The van der Waals surface area contributed by atoms with Gasteiger partial charge in [-0.15, -0.1) is 0 Å². The SMILES string of the molecule is C[N]=[Re](=[N]C)=[N]C. The van der Waals surface area contributed by atoms with Gasteiger partial charge in [-0.25, -0.2) is 0 Å². The average Bonchev–Trinajstić information content (AvgIpc) is 1.72. The Hall–Kier alpha value is 0.0623. The summed E-state index contributed by atoms with van der Waals surface area (Å²) in [5, 5.41) is 0.